The van der Waals surface area contributed by atoms with Gasteiger partial charge in [-0.05, 0) is 50.2 Å². The highest BCUT2D eigenvalue weighted by Crippen LogP contribution is 2.55. The van der Waals surface area contributed by atoms with Crippen molar-refractivity contribution in [3.63, 3.8) is 0 Å². The first kappa shape index (κ1) is 23.3. The van der Waals surface area contributed by atoms with Gasteiger partial charge in [0, 0.05) is 5.97 Å². The van der Waals surface area contributed by atoms with Crippen molar-refractivity contribution in [2.45, 2.75) is 20.3 Å². The lowest BCUT2D eigenvalue weighted by Gasteiger charge is -2.27. The number of rotatable bonds is 7. The summed E-state index contributed by atoms with van der Waals surface area (Å²) in [5.74, 6) is -1.21. The first-order chi connectivity index (χ1) is 14.5. The number of hydrogen-bond donors (Lipinski definition) is 0. The molecule has 0 radical (unpaired) electrons. The van der Waals surface area contributed by atoms with Crippen LogP contribution in [0.2, 0.25) is 0 Å². The molecular weight excluding hydrogens is 395 g/mol. The molecule has 0 aliphatic heterocycles. The van der Waals surface area contributed by atoms with Crippen LogP contribution in [0.1, 0.15) is 20.3 Å². The SMILES string of the molecule is CC(=O)[O-].CCOC(=O)CC[P+](c1ccccc1)(c1ccccc1)c1ccccc1. The number of carbonyl (C=O) groups is 2. The number of esters is 1. The monoisotopic (exact) mass is 422 g/mol. The average molecular weight is 422 g/mol. The lowest BCUT2D eigenvalue weighted by Crippen LogP contribution is -2.34. The summed E-state index contributed by atoms with van der Waals surface area (Å²) in [7, 11) is -1.93. The minimum Gasteiger partial charge on any atom is -0.550 e. The van der Waals surface area contributed by atoms with E-state index in [2.05, 4.69) is 72.8 Å². The summed E-state index contributed by atoms with van der Waals surface area (Å²) in [6.07, 6.45) is 1.18. The van der Waals surface area contributed by atoms with E-state index in [4.69, 9.17) is 14.6 Å². The Morgan fingerprint density at radius 3 is 1.40 bits per heavy atom. The lowest BCUT2D eigenvalue weighted by molar-refractivity contribution is -0.302. The number of benzene rings is 3. The second kappa shape index (κ2) is 11.9. The molecule has 5 heteroatoms. The van der Waals surface area contributed by atoms with Crippen LogP contribution in [0.5, 0.6) is 0 Å². The summed E-state index contributed by atoms with van der Waals surface area (Å²) in [6, 6.07) is 31.8. The van der Waals surface area contributed by atoms with E-state index in [0.29, 0.717) is 13.0 Å². The summed E-state index contributed by atoms with van der Waals surface area (Å²) in [4.78, 5) is 21.1. The molecule has 0 saturated heterocycles. The van der Waals surface area contributed by atoms with Gasteiger partial charge in [-0.15, -0.1) is 0 Å². The van der Waals surface area contributed by atoms with E-state index >= 15 is 0 Å². The molecule has 4 nitrogen and oxygen atoms in total. The summed E-state index contributed by atoms with van der Waals surface area (Å²) < 4.78 is 5.22. The molecule has 3 aromatic rings. The van der Waals surface area contributed by atoms with Gasteiger partial charge in [0.1, 0.15) is 23.2 Å². The van der Waals surface area contributed by atoms with Gasteiger partial charge in [-0.25, -0.2) is 0 Å². The Labute approximate surface area is 178 Å². The molecule has 0 fully saturated rings. The molecule has 0 amide bonds. The Hall–Kier alpha value is -2.97. The number of carbonyl (C=O) groups excluding carboxylic acids is 2. The van der Waals surface area contributed by atoms with Gasteiger partial charge < -0.3 is 14.6 Å². The number of carboxylic acids is 1. The van der Waals surface area contributed by atoms with Crippen molar-refractivity contribution in [3.05, 3.63) is 91.0 Å². The largest absolute Gasteiger partial charge is 0.550 e. The van der Waals surface area contributed by atoms with E-state index in [-0.39, 0.29) is 5.97 Å². The zero-order chi connectivity index (χ0) is 21.8. The van der Waals surface area contributed by atoms with E-state index in [0.717, 1.165) is 13.1 Å². The third kappa shape index (κ3) is 6.27. The van der Waals surface area contributed by atoms with Crippen LogP contribution >= 0.6 is 7.26 Å². The second-order valence-electron chi connectivity index (χ2n) is 6.59. The molecular formula is C25H27O4P. The maximum atomic E-state index is 12.2. The minimum absolute atomic E-state index is 0.125. The van der Waals surface area contributed by atoms with Gasteiger partial charge in [-0.3, -0.25) is 4.79 Å². The average Bonchev–Trinajstić information content (AvgIpc) is 2.76. The van der Waals surface area contributed by atoms with Gasteiger partial charge in [-0.1, -0.05) is 54.6 Å². The first-order valence-corrected chi connectivity index (χ1v) is 11.9. The Balaban J connectivity index is 0.000000735. The standard InChI is InChI=1S/C23H24O2P.C2H4O2/c1-2-25-23(24)18-19-26(20-12-6-3-7-13-20,21-14-8-4-9-15-21)22-16-10-5-11-17-22;1-2(3)4/h3-17H,2,18-19H2,1H3;1H3,(H,3,4)/q+1;/p-1. The van der Waals surface area contributed by atoms with Crippen LogP contribution < -0.4 is 21.0 Å². The molecule has 156 valence electrons. The van der Waals surface area contributed by atoms with Gasteiger partial charge in [-0.2, -0.15) is 0 Å². The first-order valence-electron chi connectivity index (χ1n) is 9.88. The maximum absolute atomic E-state index is 12.2. The molecule has 30 heavy (non-hydrogen) atoms. The van der Waals surface area contributed by atoms with Crippen molar-refractivity contribution in [3.8, 4) is 0 Å². The van der Waals surface area contributed by atoms with Crippen LogP contribution in [0, 0.1) is 0 Å². The van der Waals surface area contributed by atoms with Crippen LogP contribution in [0.15, 0.2) is 91.0 Å². The predicted molar refractivity (Wildman–Crippen MR) is 122 cm³/mol. The van der Waals surface area contributed by atoms with Gasteiger partial charge in [0.05, 0.1) is 19.2 Å². The molecule has 3 aromatic carbocycles. The molecule has 0 aliphatic rings. The summed E-state index contributed by atoms with van der Waals surface area (Å²) in [5.41, 5.74) is 0. The van der Waals surface area contributed by atoms with Crippen molar-refractivity contribution in [2.24, 2.45) is 0 Å². The lowest BCUT2D eigenvalue weighted by atomic mass is 10.3. The molecule has 0 unspecified atom stereocenters. The van der Waals surface area contributed by atoms with Gasteiger partial charge in [0.25, 0.3) is 0 Å². The highest BCUT2D eigenvalue weighted by Gasteiger charge is 2.45. The Morgan fingerprint density at radius 1 is 0.767 bits per heavy atom. The molecule has 0 spiro atoms. The van der Waals surface area contributed by atoms with Crippen molar-refractivity contribution in [1.82, 2.24) is 0 Å². The molecule has 3 rings (SSSR count). The molecule has 0 bridgehead atoms. The van der Waals surface area contributed by atoms with Crippen LogP contribution in [-0.2, 0) is 14.3 Å². The zero-order valence-electron chi connectivity index (χ0n) is 17.4. The predicted octanol–water partition coefficient (Wildman–Crippen LogP) is 2.69. The van der Waals surface area contributed by atoms with Crippen molar-refractivity contribution >= 4 is 35.1 Å². The highest BCUT2D eigenvalue weighted by atomic mass is 31.2. The van der Waals surface area contributed by atoms with Crippen molar-refractivity contribution < 1.29 is 19.4 Å². The quantitative estimate of drug-likeness (QED) is 0.434. The third-order valence-corrected chi connectivity index (χ3v) is 8.98. The minimum atomic E-state index is -1.93. The Bertz CT molecular complexity index is 811. The van der Waals surface area contributed by atoms with E-state index in [1.165, 1.54) is 15.9 Å². The number of hydrogen-bond acceptors (Lipinski definition) is 4. The highest BCUT2D eigenvalue weighted by molar-refractivity contribution is 7.95. The van der Waals surface area contributed by atoms with E-state index in [9.17, 15) is 4.79 Å². The normalized spacial score (nSPS) is 10.5. The molecule has 0 aliphatic carbocycles. The fraction of sp³-hybridized carbons (Fsp3) is 0.200. The molecule has 0 aromatic heterocycles. The van der Waals surface area contributed by atoms with Crippen molar-refractivity contribution in [2.75, 3.05) is 12.8 Å². The van der Waals surface area contributed by atoms with Crippen LogP contribution in [0.3, 0.4) is 0 Å². The van der Waals surface area contributed by atoms with Crippen LogP contribution in [-0.4, -0.2) is 24.7 Å². The fourth-order valence-corrected chi connectivity index (χ4v) is 7.60. The fourth-order valence-electron chi connectivity index (χ4n) is 3.37. The number of carboxylic acid groups (broad SMARTS) is 1. The zero-order valence-corrected chi connectivity index (χ0v) is 18.3. The van der Waals surface area contributed by atoms with Crippen molar-refractivity contribution in [1.29, 1.82) is 0 Å². The van der Waals surface area contributed by atoms with E-state index < -0.39 is 13.2 Å². The van der Waals surface area contributed by atoms with Crippen LogP contribution in [0.25, 0.3) is 0 Å². The van der Waals surface area contributed by atoms with Crippen LogP contribution in [0.4, 0.5) is 0 Å². The Kier molecular flexibility index (Phi) is 9.24. The van der Waals surface area contributed by atoms with Gasteiger partial charge in [0.15, 0.2) is 0 Å². The topological polar surface area (TPSA) is 66.4 Å². The molecule has 0 N–H and O–H groups in total. The Morgan fingerprint density at radius 2 is 1.10 bits per heavy atom. The summed E-state index contributed by atoms with van der Waals surface area (Å²) in [5, 5.41) is 12.8. The molecule has 0 saturated carbocycles. The molecule has 0 heterocycles. The maximum Gasteiger partial charge on any atom is 0.309 e. The van der Waals surface area contributed by atoms with Gasteiger partial charge >= 0.3 is 5.97 Å². The summed E-state index contributed by atoms with van der Waals surface area (Å²) in [6.45, 7) is 3.25. The number of aliphatic carboxylic acids is 1. The third-order valence-electron chi connectivity index (χ3n) is 4.55. The number of ether oxygens (including phenoxy) is 1. The summed E-state index contributed by atoms with van der Waals surface area (Å²) >= 11 is 0. The van der Waals surface area contributed by atoms with E-state index in [1.54, 1.807) is 0 Å². The smallest absolute Gasteiger partial charge is 0.309 e. The van der Waals surface area contributed by atoms with Gasteiger partial charge in [0.2, 0.25) is 0 Å². The second-order valence-corrected chi connectivity index (χ2v) is 10.2. The molecule has 0 atom stereocenters. The van der Waals surface area contributed by atoms with E-state index in [1.807, 2.05) is 25.1 Å².